The third-order valence-electron chi connectivity index (χ3n) is 4.12. The van der Waals surface area contributed by atoms with Crippen molar-refractivity contribution in [1.82, 2.24) is 0 Å². The molecule has 1 N–H and O–H groups in total. The molecule has 5 nitrogen and oxygen atoms in total. The first-order chi connectivity index (χ1) is 11.2. The Hall–Kier alpha value is -1.75. The van der Waals surface area contributed by atoms with Crippen molar-refractivity contribution in [3.05, 3.63) is 29.8 Å². The largest absolute Gasteiger partial charge is 0.508 e. The van der Waals surface area contributed by atoms with E-state index in [0.717, 1.165) is 31.4 Å². The number of hydrogen-bond donors (Lipinski definition) is 1. The SMILES string of the molecule is CCOC(=O)OCCOc1ccc(C[C@H]2CCCC[C@@H]2O)cc1. The molecule has 128 valence electrons. The van der Waals surface area contributed by atoms with Crippen molar-refractivity contribution in [2.24, 2.45) is 5.92 Å². The molecule has 1 fully saturated rings. The van der Waals surface area contributed by atoms with Crippen LogP contribution in [0, 0.1) is 5.92 Å². The van der Waals surface area contributed by atoms with Crippen LogP contribution >= 0.6 is 0 Å². The number of hydrogen-bond acceptors (Lipinski definition) is 5. The zero-order chi connectivity index (χ0) is 16.5. The number of benzene rings is 1. The molecule has 1 aliphatic rings. The fraction of sp³-hybridized carbons (Fsp3) is 0.611. The Labute approximate surface area is 137 Å². The van der Waals surface area contributed by atoms with Crippen LogP contribution in [0.4, 0.5) is 4.79 Å². The third-order valence-corrected chi connectivity index (χ3v) is 4.12. The topological polar surface area (TPSA) is 65.0 Å². The third kappa shape index (κ3) is 6.10. The lowest BCUT2D eigenvalue weighted by Gasteiger charge is -2.27. The molecule has 0 spiro atoms. The van der Waals surface area contributed by atoms with E-state index in [2.05, 4.69) is 4.74 Å². The molecule has 0 bridgehead atoms. The molecular formula is C18H26O5. The van der Waals surface area contributed by atoms with Gasteiger partial charge in [-0.3, -0.25) is 0 Å². The van der Waals surface area contributed by atoms with Gasteiger partial charge < -0.3 is 19.3 Å². The molecule has 1 aromatic carbocycles. The maximum Gasteiger partial charge on any atom is 0.508 e. The van der Waals surface area contributed by atoms with Gasteiger partial charge in [-0.25, -0.2) is 4.79 Å². The van der Waals surface area contributed by atoms with Gasteiger partial charge in [-0.1, -0.05) is 25.0 Å². The summed E-state index contributed by atoms with van der Waals surface area (Å²) in [6.07, 6.45) is 4.45. The molecule has 2 atom stereocenters. The van der Waals surface area contributed by atoms with E-state index in [9.17, 15) is 9.90 Å². The summed E-state index contributed by atoms with van der Waals surface area (Å²) in [6.45, 7) is 2.48. The lowest BCUT2D eigenvalue weighted by Crippen LogP contribution is -2.26. The Morgan fingerprint density at radius 3 is 2.57 bits per heavy atom. The molecule has 0 aromatic heterocycles. The molecule has 0 radical (unpaired) electrons. The maximum absolute atomic E-state index is 11.0. The fourth-order valence-corrected chi connectivity index (χ4v) is 2.89. The summed E-state index contributed by atoms with van der Waals surface area (Å²) in [5.41, 5.74) is 1.21. The molecular weight excluding hydrogens is 296 g/mol. The second-order valence-electron chi connectivity index (χ2n) is 5.84. The van der Waals surface area contributed by atoms with Crippen molar-refractivity contribution in [2.75, 3.05) is 19.8 Å². The van der Waals surface area contributed by atoms with Gasteiger partial charge in [0, 0.05) is 0 Å². The van der Waals surface area contributed by atoms with Gasteiger partial charge in [0.05, 0.1) is 12.7 Å². The van der Waals surface area contributed by atoms with Gasteiger partial charge in [0.15, 0.2) is 0 Å². The highest BCUT2D eigenvalue weighted by molar-refractivity contribution is 5.59. The minimum absolute atomic E-state index is 0.162. The first-order valence-electron chi connectivity index (χ1n) is 8.38. The molecule has 0 aliphatic heterocycles. The zero-order valence-electron chi connectivity index (χ0n) is 13.7. The van der Waals surface area contributed by atoms with E-state index >= 15 is 0 Å². The van der Waals surface area contributed by atoms with Crippen molar-refractivity contribution in [3.63, 3.8) is 0 Å². The van der Waals surface area contributed by atoms with Gasteiger partial charge in [0.2, 0.25) is 0 Å². The number of carbonyl (C=O) groups is 1. The standard InChI is InChI=1S/C18H26O5/c1-2-21-18(20)23-12-11-22-16-9-7-14(8-10-16)13-15-5-3-4-6-17(15)19/h7-10,15,17,19H,2-6,11-13H2,1H3/t15-,17+/m1/s1. The number of ether oxygens (including phenoxy) is 3. The van der Waals surface area contributed by atoms with Crippen LogP contribution < -0.4 is 4.74 Å². The molecule has 0 amide bonds. The van der Waals surface area contributed by atoms with Crippen LogP contribution in [0.25, 0.3) is 0 Å². The van der Waals surface area contributed by atoms with Crippen LogP contribution in [0.1, 0.15) is 38.2 Å². The van der Waals surface area contributed by atoms with E-state index in [1.165, 1.54) is 12.0 Å². The molecule has 1 saturated carbocycles. The number of aliphatic hydroxyl groups excluding tert-OH is 1. The smallest absolute Gasteiger partial charge is 0.490 e. The van der Waals surface area contributed by atoms with Crippen molar-refractivity contribution < 1.29 is 24.1 Å². The van der Waals surface area contributed by atoms with E-state index in [0.29, 0.717) is 19.1 Å². The number of aliphatic hydroxyl groups is 1. The highest BCUT2D eigenvalue weighted by atomic mass is 16.7. The van der Waals surface area contributed by atoms with Gasteiger partial charge >= 0.3 is 6.16 Å². The maximum atomic E-state index is 11.0. The average Bonchev–Trinajstić information content (AvgIpc) is 2.55. The lowest BCUT2D eigenvalue weighted by atomic mass is 9.82. The molecule has 2 rings (SSSR count). The molecule has 0 heterocycles. The minimum atomic E-state index is -0.669. The number of carbonyl (C=O) groups excluding carboxylic acids is 1. The van der Waals surface area contributed by atoms with Crippen molar-refractivity contribution in [2.45, 2.75) is 45.1 Å². The monoisotopic (exact) mass is 322 g/mol. The molecule has 1 aliphatic carbocycles. The first kappa shape index (κ1) is 17.6. The van der Waals surface area contributed by atoms with E-state index in [1.807, 2.05) is 24.3 Å². The van der Waals surface area contributed by atoms with E-state index in [-0.39, 0.29) is 12.7 Å². The predicted molar refractivity (Wildman–Crippen MR) is 86.6 cm³/mol. The van der Waals surface area contributed by atoms with Gasteiger partial charge in [-0.05, 0) is 49.8 Å². The summed E-state index contributed by atoms with van der Waals surface area (Å²) in [6, 6.07) is 7.88. The second kappa shape index (κ2) is 9.40. The Morgan fingerprint density at radius 2 is 1.87 bits per heavy atom. The minimum Gasteiger partial charge on any atom is -0.490 e. The predicted octanol–water partition coefficient (Wildman–Crippen LogP) is 3.33. The van der Waals surface area contributed by atoms with Crippen molar-refractivity contribution in [3.8, 4) is 5.75 Å². The Morgan fingerprint density at radius 1 is 1.13 bits per heavy atom. The van der Waals surface area contributed by atoms with Crippen molar-refractivity contribution >= 4 is 6.16 Å². The van der Waals surface area contributed by atoms with Gasteiger partial charge in [-0.2, -0.15) is 0 Å². The van der Waals surface area contributed by atoms with Gasteiger partial charge in [0.1, 0.15) is 19.0 Å². The van der Waals surface area contributed by atoms with Crippen LogP contribution in [0.5, 0.6) is 5.75 Å². The van der Waals surface area contributed by atoms with Crippen LogP contribution in [-0.4, -0.2) is 37.2 Å². The van der Waals surface area contributed by atoms with Gasteiger partial charge in [-0.15, -0.1) is 0 Å². The van der Waals surface area contributed by atoms with Crippen LogP contribution in [0.3, 0.4) is 0 Å². The zero-order valence-corrected chi connectivity index (χ0v) is 13.7. The van der Waals surface area contributed by atoms with Crippen LogP contribution in [0.2, 0.25) is 0 Å². The quantitative estimate of drug-likeness (QED) is 0.616. The van der Waals surface area contributed by atoms with E-state index in [1.54, 1.807) is 6.92 Å². The highest BCUT2D eigenvalue weighted by Gasteiger charge is 2.22. The normalized spacial score (nSPS) is 20.8. The molecule has 23 heavy (non-hydrogen) atoms. The van der Waals surface area contributed by atoms with Crippen molar-refractivity contribution in [1.29, 1.82) is 0 Å². The lowest BCUT2D eigenvalue weighted by molar-refractivity contribution is 0.0495. The van der Waals surface area contributed by atoms with E-state index in [4.69, 9.17) is 9.47 Å². The Kier molecular flexibility index (Phi) is 7.20. The molecule has 1 aromatic rings. The Bertz CT molecular complexity index is 471. The summed E-state index contributed by atoms with van der Waals surface area (Å²) >= 11 is 0. The summed E-state index contributed by atoms with van der Waals surface area (Å²) in [7, 11) is 0. The highest BCUT2D eigenvalue weighted by Crippen LogP contribution is 2.27. The van der Waals surface area contributed by atoms with Crippen LogP contribution in [0.15, 0.2) is 24.3 Å². The second-order valence-corrected chi connectivity index (χ2v) is 5.84. The molecule has 5 heteroatoms. The van der Waals surface area contributed by atoms with Gasteiger partial charge in [0.25, 0.3) is 0 Å². The summed E-state index contributed by atoms with van der Waals surface area (Å²) in [4.78, 5) is 11.0. The molecule has 0 saturated heterocycles. The summed E-state index contributed by atoms with van der Waals surface area (Å²) in [5, 5.41) is 10.0. The molecule has 0 unspecified atom stereocenters. The van der Waals surface area contributed by atoms with E-state index < -0.39 is 6.16 Å². The average molecular weight is 322 g/mol. The Balaban J connectivity index is 1.70. The van der Waals surface area contributed by atoms with Crippen LogP contribution in [-0.2, 0) is 15.9 Å². The summed E-state index contributed by atoms with van der Waals surface area (Å²) < 4.78 is 15.0. The first-order valence-corrected chi connectivity index (χ1v) is 8.38. The fourth-order valence-electron chi connectivity index (χ4n) is 2.89. The number of rotatable bonds is 7. The summed E-state index contributed by atoms with van der Waals surface area (Å²) in [5.74, 6) is 1.11.